The van der Waals surface area contributed by atoms with Gasteiger partial charge in [-0.3, -0.25) is 14.6 Å². The maximum atomic E-state index is 13.2. The Morgan fingerprint density at radius 3 is 2.61 bits per heavy atom. The summed E-state index contributed by atoms with van der Waals surface area (Å²) in [6.45, 7) is 0.837. The Kier molecular flexibility index (Phi) is 6.47. The van der Waals surface area contributed by atoms with E-state index < -0.39 is 22.9 Å². The molecule has 0 atom stereocenters. The molecule has 1 aliphatic heterocycles. The molecule has 13 heteroatoms. The van der Waals surface area contributed by atoms with Crippen molar-refractivity contribution in [2.75, 3.05) is 6.54 Å². The zero-order valence-corrected chi connectivity index (χ0v) is 20.1. The summed E-state index contributed by atoms with van der Waals surface area (Å²) in [6, 6.07) is 12.2. The summed E-state index contributed by atoms with van der Waals surface area (Å²) in [5.74, 6) is -1.73. The molecule has 2 aromatic heterocycles. The van der Waals surface area contributed by atoms with E-state index in [1.54, 1.807) is 35.2 Å². The van der Waals surface area contributed by atoms with Crippen LogP contribution in [0.3, 0.4) is 0 Å². The van der Waals surface area contributed by atoms with Gasteiger partial charge in [0, 0.05) is 18.7 Å². The molecule has 2 aromatic carbocycles. The van der Waals surface area contributed by atoms with Crippen molar-refractivity contribution in [3.8, 4) is 17.3 Å². The SMILES string of the molecule is O=C(O)c1nn(-c2cnc(Oc3ccc4c(c3)CCN(Cc3ccc(F)cc3)C4=O)c(Cl)c2)c(=O)[nH]c1=O. The second-order valence-electron chi connectivity index (χ2n) is 8.33. The number of nitrogens with zero attached hydrogens (tertiary/aromatic N) is 4. The van der Waals surface area contributed by atoms with Crippen LogP contribution in [0.25, 0.3) is 5.69 Å². The van der Waals surface area contributed by atoms with Crippen LogP contribution in [0.2, 0.25) is 5.02 Å². The minimum atomic E-state index is -1.61. The number of hydrogen-bond acceptors (Lipinski definition) is 7. The van der Waals surface area contributed by atoms with Crippen LogP contribution in [0.1, 0.15) is 32.0 Å². The molecule has 3 heterocycles. The number of nitrogens with one attached hydrogen (secondary N) is 1. The number of carbonyl (C=O) groups is 2. The van der Waals surface area contributed by atoms with E-state index in [9.17, 15) is 23.6 Å². The molecule has 1 aliphatic rings. The number of benzene rings is 2. The molecular weight excluding hydrogens is 521 g/mol. The lowest BCUT2D eigenvalue weighted by atomic mass is 9.98. The summed E-state index contributed by atoms with van der Waals surface area (Å²) < 4.78 is 19.6. The van der Waals surface area contributed by atoms with Crippen LogP contribution in [0.4, 0.5) is 4.39 Å². The third-order valence-corrected chi connectivity index (χ3v) is 6.09. The van der Waals surface area contributed by atoms with Crippen molar-refractivity contribution in [3.63, 3.8) is 0 Å². The Morgan fingerprint density at radius 2 is 1.89 bits per heavy atom. The molecule has 0 unspecified atom stereocenters. The summed E-state index contributed by atoms with van der Waals surface area (Å²) in [4.78, 5) is 55.5. The van der Waals surface area contributed by atoms with Crippen molar-refractivity contribution in [2.45, 2.75) is 13.0 Å². The fourth-order valence-electron chi connectivity index (χ4n) is 3.97. The summed E-state index contributed by atoms with van der Waals surface area (Å²) in [6.07, 6.45) is 1.75. The molecule has 0 spiro atoms. The zero-order chi connectivity index (χ0) is 27.0. The maximum absolute atomic E-state index is 13.2. The molecule has 5 rings (SSSR count). The molecule has 11 nitrogen and oxygen atoms in total. The van der Waals surface area contributed by atoms with Crippen LogP contribution in [-0.4, -0.2) is 48.2 Å². The second-order valence-corrected chi connectivity index (χ2v) is 8.74. The van der Waals surface area contributed by atoms with E-state index >= 15 is 0 Å². The van der Waals surface area contributed by atoms with E-state index in [1.165, 1.54) is 24.4 Å². The Hall–Kier alpha value is -4.84. The van der Waals surface area contributed by atoms with E-state index in [0.29, 0.717) is 35.5 Å². The predicted octanol–water partition coefficient (Wildman–Crippen LogP) is 2.80. The van der Waals surface area contributed by atoms with Gasteiger partial charge in [-0.15, -0.1) is 0 Å². The van der Waals surface area contributed by atoms with E-state index in [-0.39, 0.29) is 28.3 Å². The first kappa shape index (κ1) is 24.8. The number of aromatic amines is 1. The molecule has 38 heavy (non-hydrogen) atoms. The number of carboxylic acids is 1. The van der Waals surface area contributed by atoms with Crippen molar-refractivity contribution in [2.24, 2.45) is 0 Å². The third kappa shape index (κ3) is 4.89. The summed E-state index contributed by atoms with van der Waals surface area (Å²) in [5, 5.41) is 12.6. The van der Waals surface area contributed by atoms with Gasteiger partial charge in [-0.2, -0.15) is 9.78 Å². The number of aromatic nitrogens is 4. The molecule has 0 fully saturated rings. The number of ether oxygens (including phenoxy) is 1. The first-order chi connectivity index (χ1) is 18.2. The highest BCUT2D eigenvalue weighted by atomic mass is 35.5. The third-order valence-electron chi connectivity index (χ3n) is 5.81. The van der Waals surface area contributed by atoms with Crippen molar-refractivity contribution in [3.05, 3.63) is 109 Å². The van der Waals surface area contributed by atoms with Gasteiger partial charge in [0.2, 0.25) is 11.6 Å². The highest BCUT2D eigenvalue weighted by Crippen LogP contribution is 2.31. The number of aromatic carboxylic acids is 1. The average molecular weight is 538 g/mol. The molecular formula is C25H17ClFN5O6. The largest absolute Gasteiger partial charge is 0.476 e. The number of halogens is 2. The molecule has 4 aromatic rings. The molecule has 0 radical (unpaired) electrons. The highest BCUT2D eigenvalue weighted by Gasteiger charge is 2.25. The number of amides is 1. The van der Waals surface area contributed by atoms with Gasteiger partial charge in [-0.1, -0.05) is 23.7 Å². The van der Waals surface area contributed by atoms with Gasteiger partial charge >= 0.3 is 11.7 Å². The average Bonchev–Trinajstić information content (AvgIpc) is 2.88. The van der Waals surface area contributed by atoms with Crippen LogP contribution in [0.5, 0.6) is 11.6 Å². The molecule has 1 amide bonds. The molecule has 0 saturated carbocycles. The van der Waals surface area contributed by atoms with Gasteiger partial charge in [0.15, 0.2) is 0 Å². The van der Waals surface area contributed by atoms with Crippen LogP contribution in [0.15, 0.2) is 64.3 Å². The van der Waals surface area contributed by atoms with Crippen molar-refractivity contribution in [1.82, 2.24) is 24.6 Å². The molecule has 0 saturated heterocycles. The monoisotopic (exact) mass is 537 g/mol. The zero-order valence-electron chi connectivity index (χ0n) is 19.4. The number of H-pyrrole nitrogens is 1. The number of carboxylic acid groups (broad SMARTS) is 1. The molecule has 0 bridgehead atoms. The normalized spacial score (nSPS) is 12.8. The summed E-state index contributed by atoms with van der Waals surface area (Å²) in [5.41, 5.74) is -0.852. The number of rotatable bonds is 6. The lowest BCUT2D eigenvalue weighted by Crippen LogP contribution is -2.37. The fraction of sp³-hybridized carbons (Fsp3) is 0.120. The summed E-state index contributed by atoms with van der Waals surface area (Å²) >= 11 is 6.28. The molecule has 0 aliphatic carbocycles. The van der Waals surface area contributed by atoms with E-state index in [4.69, 9.17) is 21.4 Å². The van der Waals surface area contributed by atoms with Crippen LogP contribution in [0, 0.1) is 5.82 Å². The Morgan fingerprint density at radius 1 is 1.13 bits per heavy atom. The fourth-order valence-corrected chi connectivity index (χ4v) is 4.17. The first-order valence-corrected chi connectivity index (χ1v) is 11.5. The number of carbonyl (C=O) groups excluding carboxylic acids is 1. The number of fused-ring (bicyclic) bond motifs is 1. The van der Waals surface area contributed by atoms with Gasteiger partial charge in [-0.05, 0) is 53.9 Å². The quantitative estimate of drug-likeness (QED) is 0.381. The lowest BCUT2D eigenvalue weighted by Gasteiger charge is -2.29. The van der Waals surface area contributed by atoms with Crippen molar-refractivity contribution in [1.29, 1.82) is 0 Å². The van der Waals surface area contributed by atoms with Crippen LogP contribution < -0.4 is 16.0 Å². The Labute approximate surface area is 217 Å². The minimum absolute atomic E-state index is 0.00313. The first-order valence-electron chi connectivity index (χ1n) is 11.2. The van der Waals surface area contributed by atoms with Gasteiger partial charge in [-0.25, -0.2) is 19.0 Å². The summed E-state index contributed by atoms with van der Waals surface area (Å²) in [7, 11) is 0. The van der Waals surface area contributed by atoms with E-state index in [2.05, 4.69) is 10.1 Å². The number of pyridine rings is 1. The van der Waals surface area contributed by atoms with Crippen LogP contribution in [-0.2, 0) is 13.0 Å². The predicted molar refractivity (Wildman–Crippen MR) is 132 cm³/mol. The Bertz CT molecular complexity index is 1700. The van der Waals surface area contributed by atoms with Gasteiger partial charge in [0.25, 0.3) is 11.5 Å². The number of hydrogen-bond donors (Lipinski definition) is 2. The van der Waals surface area contributed by atoms with Crippen LogP contribution >= 0.6 is 11.6 Å². The highest BCUT2D eigenvalue weighted by molar-refractivity contribution is 6.32. The minimum Gasteiger partial charge on any atom is -0.476 e. The van der Waals surface area contributed by atoms with E-state index in [0.717, 1.165) is 11.1 Å². The standard InChI is InChI=1S/C25H17ClFN5O6/c26-19-10-16(32-25(37)29-21(33)20(30-32)24(35)36)11-28-22(19)38-17-5-6-18-14(9-17)7-8-31(23(18)34)12-13-1-3-15(27)4-2-13/h1-6,9-11H,7-8,12H2,(H,35,36)(H,29,33,37). The smallest absolute Gasteiger partial charge is 0.362 e. The second kappa shape index (κ2) is 9.90. The Balaban J connectivity index is 1.34. The molecule has 192 valence electrons. The van der Waals surface area contributed by atoms with Crippen molar-refractivity contribution >= 4 is 23.5 Å². The topological polar surface area (TPSA) is 147 Å². The van der Waals surface area contributed by atoms with Gasteiger partial charge < -0.3 is 14.7 Å². The van der Waals surface area contributed by atoms with E-state index in [1.807, 2.05) is 4.98 Å². The molecule has 2 N–H and O–H groups in total. The lowest BCUT2D eigenvalue weighted by molar-refractivity contribution is 0.0683. The maximum Gasteiger partial charge on any atom is 0.362 e. The van der Waals surface area contributed by atoms with Gasteiger partial charge in [0.1, 0.15) is 16.6 Å². The van der Waals surface area contributed by atoms with Crippen molar-refractivity contribution < 1.29 is 23.8 Å². The van der Waals surface area contributed by atoms with Gasteiger partial charge in [0.05, 0.1) is 11.9 Å².